The predicted octanol–water partition coefficient (Wildman–Crippen LogP) is 1.46. The van der Waals surface area contributed by atoms with E-state index in [4.69, 9.17) is 9.47 Å². The summed E-state index contributed by atoms with van der Waals surface area (Å²) in [6, 6.07) is 8.85. The minimum atomic E-state index is -0.507. The van der Waals surface area contributed by atoms with Gasteiger partial charge in [0.05, 0.1) is 26.2 Å². The molecule has 0 radical (unpaired) electrons. The van der Waals surface area contributed by atoms with Crippen LogP contribution in [0.5, 0.6) is 5.75 Å². The Morgan fingerprint density at radius 2 is 1.88 bits per heavy atom. The standard InChI is InChI=1S/C18H26N2O4/c1-14(2)17(18(22)20-9-12-23-13-10-20)19-16(21)8-11-24-15-6-4-3-5-7-15/h3-7,14,17H,8-13H2,1-2H3,(H,19,21)/t17-/m0/s1. The molecule has 6 nitrogen and oxygen atoms in total. The Bertz CT molecular complexity index is 527. The van der Waals surface area contributed by atoms with Gasteiger partial charge in [-0.05, 0) is 18.1 Å². The molecule has 1 aliphatic heterocycles. The van der Waals surface area contributed by atoms with Crippen molar-refractivity contribution in [2.75, 3.05) is 32.9 Å². The lowest BCUT2D eigenvalue weighted by Gasteiger charge is -2.32. The number of rotatable bonds is 7. The first kappa shape index (κ1) is 18.3. The minimum absolute atomic E-state index is 0.0272. The van der Waals surface area contributed by atoms with Crippen LogP contribution in [0.2, 0.25) is 0 Å². The van der Waals surface area contributed by atoms with Crippen LogP contribution in [0.4, 0.5) is 0 Å². The fourth-order valence-electron chi connectivity index (χ4n) is 2.52. The Labute approximate surface area is 143 Å². The zero-order valence-electron chi connectivity index (χ0n) is 14.4. The molecule has 1 aliphatic rings. The van der Waals surface area contributed by atoms with Crippen LogP contribution in [0.1, 0.15) is 20.3 Å². The quantitative estimate of drug-likeness (QED) is 0.820. The lowest BCUT2D eigenvalue weighted by molar-refractivity contribution is -0.141. The van der Waals surface area contributed by atoms with Crippen molar-refractivity contribution in [2.24, 2.45) is 5.92 Å². The van der Waals surface area contributed by atoms with Crippen molar-refractivity contribution in [3.63, 3.8) is 0 Å². The maximum atomic E-state index is 12.6. The summed E-state index contributed by atoms with van der Waals surface area (Å²) in [4.78, 5) is 26.5. The number of nitrogens with one attached hydrogen (secondary N) is 1. The van der Waals surface area contributed by atoms with Crippen molar-refractivity contribution in [3.8, 4) is 5.75 Å². The van der Waals surface area contributed by atoms with Gasteiger partial charge in [-0.3, -0.25) is 9.59 Å². The van der Waals surface area contributed by atoms with Gasteiger partial charge in [-0.2, -0.15) is 0 Å². The normalized spacial score (nSPS) is 15.9. The van der Waals surface area contributed by atoms with E-state index >= 15 is 0 Å². The van der Waals surface area contributed by atoms with E-state index in [0.29, 0.717) is 26.3 Å². The summed E-state index contributed by atoms with van der Waals surface area (Å²) in [7, 11) is 0. The topological polar surface area (TPSA) is 67.9 Å². The zero-order valence-corrected chi connectivity index (χ0v) is 14.4. The average Bonchev–Trinajstić information content (AvgIpc) is 2.60. The van der Waals surface area contributed by atoms with Crippen LogP contribution in [0, 0.1) is 5.92 Å². The van der Waals surface area contributed by atoms with E-state index in [0.717, 1.165) is 5.75 Å². The molecule has 1 heterocycles. The molecule has 1 fully saturated rings. The second-order valence-electron chi connectivity index (χ2n) is 6.14. The van der Waals surface area contributed by atoms with E-state index < -0.39 is 6.04 Å². The fourth-order valence-corrected chi connectivity index (χ4v) is 2.52. The molecule has 0 bridgehead atoms. The van der Waals surface area contributed by atoms with Crippen LogP contribution in [0.25, 0.3) is 0 Å². The summed E-state index contributed by atoms with van der Waals surface area (Å²) in [5.74, 6) is 0.548. The summed E-state index contributed by atoms with van der Waals surface area (Å²) in [5, 5.41) is 2.85. The summed E-state index contributed by atoms with van der Waals surface area (Å²) in [5.41, 5.74) is 0. The first-order chi connectivity index (χ1) is 11.6. The van der Waals surface area contributed by atoms with E-state index in [1.54, 1.807) is 4.90 Å². The molecule has 0 saturated carbocycles. The lowest BCUT2D eigenvalue weighted by atomic mass is 10.0. The molecule has 1 aromatic carbocycles. The first-order valence-corrected chi connectivity index (χ1v) is 8.41. The van der Waals surface area contributed by atoms with Gasteiger partial charge in [0.15, 0.2) is 0 Å². The number of hydrogen-bond donors (Lipinski definition) is 1. The van der Waals surface area contributed by atoms with Gasteiger partial charge in [0.25, 0.3) is 0 Å². The molecule has 1 atom stereocenters. The lowest BCUT2D eigenvalue weighted by Crippen LogP contribution is -2.53. The third-order valence-corrected chi connectivity index (χ3v) is 3.91. The highest BCUT2D eigenvalue weighted by Gasteiger charge is 2.29. The molecule has 6 heteroatoms. The molecule has 24 heavy (non-hydrogen) atoms. The van der Waals surface area contributed by atoms with Gasteiger partial charge < -0.3 is 19.7 Å². The van der Waals surface area contributed by atoms with E-state index in [2.05, 4.69) is 5.32 Å². The molecule has 0 spiro atoms. The number of amides is 2. The van der Waals surface area contributed by atoms with Gasteiger partial charge in [0.2, 0.25) is 11.8 Å². The summed E-state index contributed by atoms with van der Waals surface area (Å²) in [6.45, 7) is 6.41. The van der Waals surface area contributed by atoms with Crippen molar-refractivity contribution < 1.29 is 19.1 Å². The van der Waals surface area contributed by atoms with Crippen molar-refractivity contribution in [3.05, 3.63) is 30.3 Å². The molecule has 0 aromatic heterocycles. The summed E-state index contributed by atoms with van der Waals surface area (Å²) in [6.07, 6.45) is 0.217. The van der Waals surface area contributed by atoms with E-state index in [1.165, 1.54) is 0 Å². The maximum Gasteiger partial charge on any atom is 0.245 e. The van der Waals surface area contributed by atoms with Crippen molar-refractivity contribution >= 4 is 11.8 Å². The third kappa shape index (κ3) is 5.53. The van der Waals surface area contributed by atoms with E-state index in [-0.39, 0.29) is 30.8 Å². The van der Waals surface area contributed by atoms with E-state index in [1.807, 2.05) is 44.2 Å². The number of hydrogen-bond acceptors (Lipinski definition) is 4. The Kier molecular flexibility index (Phi) is 7.06. The number of carbonyl (C=O) groups excluding carboxylic acids is 2. The van der Waals surface area contributed by atoms with Crippen LogP contribution in [0.3, 0.4) is 0 Å². The summed E-state index contributed by atoms with van der Waals surface area (Å²) >= 11 is 0. The number of ether oxygens (including phenoxy) is 2. The molecule has 2 rings (SSSR count). The average molecular weight is 334 g/mol. The number of nitrogens with zero attached hydrogens (tertiary/aromatic N) is 1. The van der Waals surface area contributed by atoms with Crippen molar-refractivity contribution in [1.82, 2.24) is 10.2 Å². The molecular formula is C18H26N2O4. The highest BCUT2D eigenvalue weighted by Crippen LogP contribution is 2.10. The Morgan fingerprint density at radius 1 is 1.21 bits per heavy atom. The number of para-hydroxylation sites is 1. The van der Waals surface area contributed by atoms with Gasteiger partial charge in [0.1, 0.15) is 11.8 Å². The molecule has 0 aliphatic carbocycles. The predicted molar refractivity (Wildman–Crippen MR) is 90.7 cm³/mol. The van der Waals surface area contributed by atoms with Crippen LogP contribution < -0.4 is 10.1 Å². The van der Waals surface area contributed by atoms with Gasteiger partial charge in [-0.25, -0.2) is 0 Å². The molecule has 0 unspecified atom stereocenters. The maximum absolute atomic E-state index is 12.6. The minimum Gasteiger partial charge on any atom is -0.493 e. The molecule has 132 valence electrons. The number of benzene rings is 1. The second kappa shape index (κ2) is 9.27. The van der Waals surface area contributed by atoms with Crippen LogP contribution >= 0.6 is 0 Å². The monoisotopic (exact) mass is 334 g/mol. The summed E-state index contributed by atoms with van der Waals surface area (Å²) < 4.78 is 10.8. The Balaban J connectivity index is 1.80. The molecule has 2 amide bonds. The zero-order chi connectivity index (χ0) is 17.4. The molecule has 1 N–H and O–H groups in total. The first-order valence-electron chi connectivity index (χ1n) is 8.41. The van der Waals surface area contributed by atoms with Crippen molar-refractivity contribution in [2.45, 2.75) is 26.3 Å². The van der Waals surface area contributed by atoms with Gasteiger partial charge >= 0.3 is 0 Å². The highest BCUT2D eigenvalue weighted by atomic mass is 16.5. The van der Waals surface area contributed by atoms with Gasteiger partial charge in [-0.15, -0.1) is 0 Å². The smallest absolute Gasteiger partial charge is 0.245 e. The molecule has 1 aromatic rings. The largest absolute Gasteiger partial charge is 0.493 e. The third-order valence-electron chi connectivity index (χ3n) is 3.91. The van der Waals surface area contributed by atoms with Gasteiger partial charge in [0, 0.05) is 13.1 Å². The van der Waals surface area contributed by atoms with Crippen LogP contribution in [-0.2, 0) is 14.3 Å². The van der Waals surface area contributed by atoms with Crippen molar-refractivity contribution in [1.29, 1.82) is 0 Å². The van der Waals surface area contributed by atoms with Crippen LogP contribution in [-0.4, -0.2) is 55.7 Å². The fraction of sp³-hybridized carbons (Fsp3) is 0.556. The highest BCUT2D eigenvalue weighted by molar-refractivity contribution is 5.88. The number of morpholine rings is 1. The number of carbonyl (C=O) groups is 2. The van der Waals surface area contributed by atoms with Gasteiger partial charge in [-0.1, -0.05) is 32.0 Å². The Morgan fingerprint density at radius 3 is 2.50 bits per heavy atom. The molecular weight excluding hydrogens is 308 g/mol. The SMILES string of the molecule is CC(C)[C@H](NC(=O)CCOc1ccccc1)C(=O)N1CCOCC1. The Hall–Kier alpha value is -2.08. The van der Waals surface area contributed by atoms with E-state index in [9.17, 15) is 9.59 Å². The van der Waals surface area contributed by atoms with Crippen LogP contribution in [0.15, 0.2) is 30.3 Å². The second-order valence-corrected chi connectivity index (χ2v) is 6.14. The molecule has 1 saturated heterocycles.